The molecule has 0 aromatic heterocycles. The Labute approximate surface area is 91.6 Å². The number of hydrogen-bond donors (Lipinski definition) is 2. The van der Waals surface area contributed by atoms with Gasteiger partial charge in [0.2, 0.25) is 0 Å². The van der Waals surface area contributed by atoms with Crippen LogP contribution in [0.3, 0.4) is 0 Å². The third kappa shape index (κ3) is 3.33. The number of aliphatic hydroxyl groups excluding tert-OH is 2. The minimum absolute atomic E-state index is 0.636. The second kappa shape index (κ2) is 5.89. The van der Waals surface area contributed by atoms with E-state index in [1.165, 1.54) is 5.56 Å². The van der Waals surface area contributed by atoms with Crippen LogP contribution < -0.4 is 0 Å². The predicted octanol–water partition coefficient (Wildman–Crippen LogP) is 2.44. The van der Waals surface area contributed by atoms with Crippen LogP contribution in [0.25, 0.3) is 0 Å². The van der Waals surface area contributed by atoms with Gasteiger partial charge in [-0.3, -0.25) is 0 Å². The van der Waals surface area contributed by atoms with Crippen LogP contribution in [-0.2, 0) is 6.42 Å². The lowest BCUT2D eigenvalue weighted by molar-refractivity contribution is 0.0131. The van der Waals surface area contributed by atoms with Gasteiger partial charge in [-0.25, -0.2) is 0 Å². The van der Waals surface area contributed by atoms with Gasteiger partial charge in [0, 0.05) is 0 Å². The van der Waals surface area contributed by atoms with E-state index in [1.807, 2.05) is 31.2 Å². The summed E-state index contributed by atoms with van der Waals surface area (Å²) >= 11 is 0. The highest BCUT2D eigenvalue weighted by Gasteiger charge is 2.16. The molecule has 0 aliphatic heterocycles. The third-order valence-corrected chi connectivity index (χ3v) is 2.68. The molecule has 0 heterocycles. The Hall–Kier alpha value is -0.860. The zero-order chi connectivity index (χ0) is 11.3. The van der Waals surface area contributed by atoms with E-state index in [1.54, 1.807) is 0 Å². The molecule has 2 N–H and O–H groups in total. The van der Waals surface area contributed by atoms with Crippen molar-refractivity contribution in [2.24, 2.45) is 0 Å². The van der Waals surface area contributed by atoms with Gasteiger partial charge in [0.05, 0.1) is 6.10 Å². The molecule has 0 radical (unpaired) electrons. The summed E-state index contributed by atoms with van der Waals surface area (Å²) in [5, 5.41) is 19.5. The molecule has 0 spiro atoms. The van der Waals surface area contributed by atoms with E-state index in [4.69, 9.17) is 0 Å². The van der Waals surface area contributed by atoms with Crippen molar-refractivity contribution in [2.75, 3.05) is 0 Å². The monoisotopic (exact) mass is 208 g/mol. The molecule has 0 fully saturated rings. The maximum atomic E-state index is 9.83. The van der Waals surface area contributed by atoms with E-state index >= 15 is 0 Å². The first-order valence-corrected chi connectivity index (χ1v) is 5.64. The summed E-state index contributed by atoms with van der Waals surface area (Å²) in [6, 6.07) is 7.78. The molecular formula is C13H20O2. The molecule has 0 amide bonds. The fourth-order valence-corrected chi connectivity index (χ4v) is 1.63. The topological polar surface area (TPSA) is 40.5 Å². The van der Waals surface area contributed by atoms with Crippen LogP contribution in [-0.4, -0.2) is 16.3 Å². The highest BCUT2D eigenvalue weighted by molar-refractivity contribution is 5.24. The quantitative estimate of drug-likeness (QED) is 0.780. The van der Waals surface area contributed by atoms with E-state index in [9.17, 15) is 10.2 Å². The summed E-state index contributed by atoms with van der Waals surface area (Å²) in [4.78, 5) is 0. The molecule has 0 aliphatic rings. The van der Waals surface area contributed by atoms with Gasteiger partial charge < -0.3 is 10.2 Å². The molecule has 15 heavy (non-hydrogen) atoms. The van der Waals surface area contributed by atoms with Gasteiger partial charge >= 0.3 is 0 Å². The lowest BCUT2D eigenvalue weighted by Crippen LogP contribution is -2.17. The smallest absolute Gasteiger partial charge is 0.105 e. The molecule has 1 rings (SSSR count). The molecule has 0 bridgehead atoms. The molecule has 84 valence electrons. The Balaban J connectivity index is 2.69. The summed E-state index contributed by atoms with van der Waals surface area (Å²) in [5.41, 5.74) is 2.05. The zero-order valence-corrected chi connectivity index (χ0v) is 9.48. The molecular weight excluding hydrogens is 188 g/mol. The second-order valence-corrected chi connectivity index (χ2v) is 3.90. The minimum Gasteiger partial charge on any atom is -0.390 e. The van der Waals surface area contributed by atoms with Crippen molar-refractivity contribution >= 4 is 0 Å². The average molecular weight is 208 g/mol. The van der Waals surface area contributed by atoms with Gasteiger partial charge in [0.1, 0.15) is 6.10 Å². The normalized spacial score (nSPS) is 14.9. The van der Waals surface area contributed by atoms with Crippen LogP contribution in [0.5, 0.6) is 0 Å². The van der Waals surface area contributed by atoms with E-state index < -0.39 is 12.2 Å². The summed E-state index contributed by atoms with van der Waals surface area (Å²) in [6.45, 7) is 4.09. The van der Waals surface area contributed by atoms with Crippen LogP contribution in [0, 0.1) is 0 Å². The number of aryl methyl sites for hydroxylation is 1. The van der Waals surface area contributed by atoms with Crippen LogP contribution in [0.4, 0.5) is 0 Å². The molecule has 2 nitrogen and oxygen atoms in total. The standard InChI is InChI=1S/C13H20O2/c1-3-5-12(14)13(15)11-8-6-10(4-2)7-9-11/h6-9,12-15H,3-5H2,1-2H3. The van der Waals surface area contributed by atoms with Crippen LogP contribution >= 0.6 is 0 Å². The third-order valence-electron chi connectivity index (χ3n) is 2.68. The molecule has 0 saturated heterocycles. The van der Waals surface area contributed by atoms with Crippen molar-refractivity contribution in [1.29, 1.82) is 0 Å². The lowest BCUT2D eigenvalue weighted by atomic mass is 9.99. The Bertz CT molecular complexity index is 279. The van der Waals surface area contributed by atoms with Crippen molar-refractivity contribution < 1.29 is 10.2 Å². The fraction of sp³-hybridized carbons (Fsp3) is 0.538. The Morgan fingerprint density at radius 3 is 2.13 bits per heavy atom. The molecule has 1 aromatic rings. The molecule has 0 saturated carbocycles. The van der Waals surface area contributed by atoms with E-state index in [2.05, 4.69) is 6.92 Å². The van der Waals surface area contributed by atoms with Gasteiger partial charge in [0.25, 0.3) is 0 Å². The maximum absolute atomic E-state index is 9.83. The van der Waals surface area contributed by atoms with Crippen molar-refractivity contribution in [3.05, 3.63) is 35.4 Å². The van der Waals surface area contributed by atoms with Gasteiger partial charge in [-0.2, -0.15) is 0 Å². The van der Waals surface area contributed by atoms with Gasteiger partial charge in [-0.1, -0.05) is 44.5 Å². The first-order chi connectivity index (χ1) is 7.19. The highest BCUT2D eigenvalue weighted by atomic mass is 16.3. The van der Waals surface area contributed by atoms with Crippen molar-refractivity contribution in [3.8, 4) is 0 Å². The van der Waals surface area contributed by atoms with E-state index in [-0.39, 0.29) is 0 Å². The lowest BCUT2D eigenvalue weighted by Gasteiger charge is -2.17. The van der Waals surface area contributed by atoms with Crippen LogP contribution in [0.1, 0.15) is 43.9 Å². The predicted molar refractivity (Wildman–Crippen MR) is 61.7 cm³/mol. The second-order valence-electron chi connectivity index (χ2n) is 3.90. The fourth-order valence-electron chi connectivity index (χ4n) is 1.63. The van der Waals surface area contributed by atoms with Gasteiger partial charge in [0.15, 0.2) is 0 Å². The molecule has 2 unspecified atom stereocenters. The Kier molecular flexibility index (Phi) is 4.79. The summed E-state index contributed by atoms with van der Waals surface area (Å²) < 4.78 is 0. The van der Waals surface area contributed by atoms with Gasteiger partial charge in [-0.15, -0.1) is 0 Å². The molecule has 2 heteroatoms. The highest BCUT2D eigenvalue weighted by Crippen LogP contribution is 2.20. The van der Waals surface area contributed by atoms with E-state index in [0.717, 1.165) is 18.4 Å². The molecule has 0 aliphatic carbocycles. The minimum atomic E-state index is -0.754. The number of aliphatic hydroxyl groups is 2. The first kappa shape index (κ1) is 12.2. The summed E-state index contributed by atoms with van der Waals surface area (Å²) in [7, 11) is 0. The summed E-state index contributed by atoms with van der Waals surface area (Å²) in [5.74, 6) is 0. The maximum Gasteiger partial charge on any atom is 0.105 e. The Morgan fingerprint density at radius 2 is 1.67 bits per heavy atom. The first-order valence-electron chi connectivity index (χ1n) is 5.64. The average Bonchev–Trinajstić information content (AvgIpc) is 2.28. The number of rotatable bonds is 5. The zero-order valence-electron chi connectivity index (χ0n) is 9.48. The summed E-state index contributed by atoms with van der Waals surface area (Å²) in [6.07, 6.45) is 1.11. The SMILES string of the molecule is CCCC(O)C(O)c1ccc(CC)cc1. The van der Waals surface area contributed by atoms with Gasteiger partial charge in [-0.05, 0) is 24.0 Å². The van der Waals surface area contributed by atoms with Crippen molar-refractivity contribution in [2.45, 2.75) is 45.3 Å². The van der Waals surface area contributed by atoms with E-state index in [0.29, 0.717) is 6.42 Å². The molecule has 1 aromatic carbocycles. The van der Waals surface area contributed by atoms with Crippen LogP contribution in [0.2, 0.25) is 0 Å². The largest absolute Gasteiger partial charge is 0.390 e. The number of benzene rings is 1. The van der Waals surface area contributed by atoms with Crippen LogP contribution in [0.15, 0.2) is 24.3 Å². The Morgan fingerprint density at radius 1 is 1.07 bits per heavy atom. The van der Waals surface area contributed by atoms with Crippen molar-refractivity contribution in [3.63, 3.8) is 0 Å². The molecule has 2 atom stereocenters. The number of hydrogen-bond acceptors (Lipinski definition) is 2. The van der Waals surface area contributed by atoms with Crippen molar-refractivity contribution in [1.82, 2.24) is 0 Å².